The molecule has 1 saturated carbocycles. The van der Waals surface area contributed by atoms with Crippen LogP contribution in [-0.2, 0) is 6.42 Å². The Morgan fingerprint density at radius 2 is 1.84 bits per heavy atom. The van der Waals surface area contributed by atoms with Gasteiger partial charge in [-0.15, -0.1) is 5.10 Å². The number of para-hydroxylation sites is 1. The number of hydrogen-bond acceptors (Lipinski definition) is 4. The van der Waals surface area contributed by atoms with Gasteiger partial charge < -0.3 is 14.5 Å². The lowest BCUT2D eigenvalue weighted by molar-refractivity contribution is 0.0109. The normalized spacial score (nSPS) is 17.8. The van der Waals surface area contributed by atoms with Crippen molar-refractivity contribution in [3.63, 3.8) is 0 Å². The summed E-state index contributed by atoms with van der Waals surface area (Å²) in [6, 6.07) is 14.8. The van der Waals surface area contributed by atoms with E-state index < -0.39 is 6.03 Å². The van der Waals surface area contributed by atoms with Gasteiger partial charge in [0.15, 0.2) is 0 Å². The van der Waals surface area contributed by atoms with Crippen molar-refractivity contribution < 1.29 is 13.9 Å². The van der Waals surface area contributed by atoms with Gasteiger partial charge in [-0.05, 0) is 74.8 Å². The van der Waals surface area contributed by atoms with Crippen LogP contribution in [0.2, 0.25) is 0 Å². The Morgan fingerprint density at radius 1 is 1.03 bits per heavy atom. The lowest BCUT2D eigenvalue weighted by Crippen LogP contribution is -2.41. The molecule has 1 fully saturated rings. The smallest absolute Gasteiger partial charge is 0.339 e. The van der Waals surface area contributed by atoms with Crippen LogP contribution < -0.4 is 21.0 Å². The Bertz CT molecular complexity index is 1180. The second-order valence-corrected chi connectivity index (χ2v) is 8.61. The fourth-order valence-electron chi connectivity index (χ4n) is 4.73. The van der Waals surface area contributed by atoms with E-state index in [0.717, 1.165) is 48.0 Å². The molecule has 2 heterocycles. The maximum absolute atomic E-state index is 12.1. The third kappa shape index (κ3) is 4.15. The third-order valence-electron chi connectivity index (χ3n) is 6.38. The number of anilines is 1. The van der Waals surface area contributed by atoms with E-state index in [1.54, 1.807) is 0 Å². The molecule has 31 heavy (non-hydrogen) atoms. The zero-order valence-electron chi connectivity index (χ0n) is 17.7. The van der Waals surface area contributed by atoms with E-state index in [4.69, 9.17) is 9.15 Å². The van der Waals surface area contributed by atoms with Crippen molar-refractivity contribution >= 4 is 22.7 Å². The molecule has 2 amide bonds. The van der Waals surface area contributed by atoms with Crippen LogP contribution in [0.25, 0.3) is 11.0 Å². The molecule has 0 unspecified atom stereocenters. The first kappa shape index (κ1) is 19.7. The monoisotopic (exact) mass is 417 g/mol. The van der Waals surface area contributed by atoms with Crippen molar-refractivity contribution in [2.75, 3.05) is 5.32 Å². The number of ether oxygens (including phenoxy) is 1. The number of fused-ring (bicyclic) bond motifs is 2. The number of carbonyl (C=O) groups is 1. The van der Waals surface area contributed by atoms with Crippen LogP contribution in [0.1, 0.15) is 49.7 Å². The van der Waals surface area contributed by atoms with Gasteiger partial charge in [0.2, 0.25) is 5.55 Å². The molecule has 0 atom stereocenters. The van der Waals surface area contributed by atoms with Gasteiger partial charge in [0.1, 0.15) is 16.9 Å². The highest BCUT2D eigenvalue weighted by molar-refractivity contribution is 5.88. The predicted molar refractivity (Wildman–Crippen MR) is 120 cm³/mol. The Kier molecular flexibility index (Phi) is 5.14. The number of hydrogen-bond donors (Lipinski definition) is 2. The number of rotatable bonds is 2. The summed E-state index contributed by atoms with van der Waals surface area (Å²) >= 11 is 0. The number of nitrogens with one attached hydrogen (secondary N) is 2. The molecule has 2 N–H and O–H groups in total. The molecular formula is C25H27N3O3. The highest BCUT2D eigenvalue weighted by Crippen LogP contribution is 2.43. The third-order valence-corrected chi connectivity index (χ3v) is 6.38. The number of urea groups is 1. The molecule has 2 aromatic carbocycles. The Balaban J connectivity index is 1.40. The summed E-state index contributed by atoms with van der Waals surface area (Å²) in [7, 11) is 0. The van der Waals surface area contributed by atoms with E-state index in [2.05, 4.69) is 21.9 Å². The number of nitrogens with zero attached hydrogens (tertiary/aromatic N) is 1. The molecule has 0 radical (unpaired) electrons. The van der Waals surface area contributed by atoms with Gasteiger partial charge >= 0.3 is 6.03 Å². The van der Waals surface area contributed by atoms with Gasteiger partial charge in [0.25, 0.3) is 0 Å². The summed E-state index contributed by atoms with van der Waals surface area (Å²) < 4.78 is 12.5. The summed E-state index contributed by atoms with van der Waals surface area (Å²) in [6.45, 7) is 2.03. The number of amides is 2. The van der Waals surface area contributed by atoms with Crippen molar-refractivity contribution in [2.45, 2.75) is 57.5 Å². The SMILES string of the molecule is Cc1c/c(=N\NC(=O)Nc2ccccc2)oc2cc3c(cc12)CCC1(CCCCC1)O3. The topological polar surface area (TPSA) is 75.9 Å². The van der Waals surface area contributed by atoms with Crippen LogP contribution in [0, 0.1) is 6.92 Å². The van der Waals surface area contributed by atoms with Gasteiger partial charge in [0, 0.05) is 23.2 Å². The fourth-order valence-corrected chi connectivity index (χ4v) is 4.73. The minimum Gasteiger partial charge on any atom is -0.487 e. The fraction of sp³-hybridized carbons (Fsp3) is 0.360. The summed E-state index contributed by atoms with van der Waals surface area (Å²) in [5.74, 6) is 0.927. The predicted octanol–water partition coefficient (Wildman–Crippen LogP) is 5.41. The molecule has 160 valence electrons. The van der Waals surface area contributed by atoms with E-state index in [1.165, 1.54) is 24.8 Å². The van der Waals surface area contributed by atoms with Crippen LogP contribution in [0.5, 0.6) is 5.75 Å². The van der Waals surface area contributed by atoms with E-state index in [0.29, 0.717) is 11.2 Å². The van der Waals surface area contributed by atoms with Crippen LogP contribution in [0.15, 0.2) is 58.0 Å². The minimum absolute atomic E-state index is 0.00691. The molecule has 6 nitrogen and oxygen atoms in total. The molecule has 1 aromatic heterocycles. The molecule has 6 heteroatoms. The maximum Gasteiger partial charge on any atom is 0.339 e. The van der Waals surface area contributed by atoms with Gasteiger partial charge in [-0.25, -0.2) is 10.2 Å². The van der Waals surface area contributed by atoms with Crippen molar-refractivity contribution in [1.82, 2.24) is 5.43 Å². The summed E-state index contributed by atoms with van der Waals surface area (Å²) in [5, 5.41) is 7.92. The number of benzene rings is 2. The Labute approximate surface area is 181 Å². The van der Waals surface area contributed by atoms with Crippen molar-refractivity contribution in [3.05, 3.63) is 65.2 Å². The molecule has 1 aliphatic carbocycles. The molecule has 1 aliphatic heterocycles. The van der Waals surface area contributed by atoms with Crippen LogP contribution in [0.3, 0.4) is 0 Å². The Hall–Kier alpha value is -3.28. The molecule has 0 saturated heterocycles. The molecular weight excluding hydrogens is 390 g/mol. The van der Waals surface area contributed by atoms with Gasteiger partial charge in [-0.3, -0.25) is 0 Å². The van der Waals surface area contributed by atoms with Gasteiger partial charge in [-0.1, -0.05) is 24.6 Å². The van der Waals surface area contributed by atoms with Gasteiger partial charge in [0.05, 0.1) is 0 Å². The van der Waals surface area contributed by atoms with E-state index in [1.807, 2.05) is 49.4 Å². The molecule has 1 spiro atoms. The van der Waals surface area contributed by atoms with Crippen LogP contribution in [0.4, 0.5) is 10.5 Å². The van der Waals surface area contributed by atoms with Crippen molar-refractivity contribution in [2.24, 2.45) is 5.10 Å². The van der Waals surface area contributed by atoms with Crippen molar-refractivity contribution in [3.8, 4) is 5.75 Å². The van der Waals surface area contributed by atoms with Crippen molar-refractivity contribution in [1.29, 1.82) is 0 Å². The number of carbonyl (C=O) groups excluding carboxylic acids is 1. The summed E-state index contributed by atoms with van der Waals surface area (Å²) in [5.41, 5.74) is 6.54. The largest absolute Gasteiger partial charge is 0.487 e. The molecule has 5 rings (SSSR count). The first-order valence-electron chi connectivity index (χ1n) is 11.0. The van der Waals surface area contributed by atoms with Gasteiger partial charge in [-0.2, -0.15) is 0 Å². The first-order chi connectivity index (χ1) is 15.1. The average Bonchev–Trinajstić information content (AvgIpc) is 2.78. The lowest BCUT2D eigenvalue weighted by atomic mass is 9.79. The van der Waals surface area contributed by atoms with Crippen LogP contribution >= 0.6 is 0 Å². The van der Waals surface area contributed by atoms with E-state index in [9.17, 15) is 4.79 Å². The van der Waals surface area contributed by atoms with Crippen LogP contribution in [-0.4, -0.2) is 11.6 Å². The number of aryl methyl sites for hydroxylation is 2. The zero-order valence-corrected chi connectivity index (χ0v) is 17.7. The molecule has 0 bridgehead atoms. The summed E-state index contributed by atoms with van der Waals surface area (Å²) in [6.07, 6.45) is 8.19. The maximum atomic E-state index is 12.1. The Morgan fingerprint density at radius 3 is 2.65 bits per heavy atom. The highest BCUT2D eigenvalue weighted by Gasteiger charge is 2.37. The molecule has 2 aliphatic rings. The van der Waals surface area contributed by atoms with E-state index in [-0.39, 0.29) is 5.60 Å². The lowest BCUT2D eigenvalue weighted by Gasteiger charge is -2.41. The quantitative estimate of drug-likeness (QED) is 0.548. The minimum atomic E-state index is -0.424. The second kappa shape index (κ2) is 8.10. The first-order valence-corrected chi connectivity index (χ1v) is 11.0. The highest BCUT2D eigenvalue weighted by atomic mass is 16.5. The standard InChI is InChI=1S/C25H27N3O3/c1-17-14-23(27-28-24(29)26-19-8-4-2-5-9-19)30-22-16-21-18(15-20(17)22)10-13-25(31-21)11-6-3-7-12-25/h2,4-5,8-9,14-16H,3,6-7,10-13H2,1H3,(H2,26,28,29)/b27-23+. The second-order valence-electron chi connectivity index (χ2n) is 8.61. The molecule has 3 aromatic rings. The van der Waals surface area contributed by atoms with E-state index >= 15 is 0 Å². The summed E-state index contributed by atoms with van der Waals surface area (Å²) in [4.78, 5) is 12.1. The zero-order chi connectivity index (χ0) is 21.3. The average molecular weight is 418 g/mol.